The maximum Gasteiger partial charge on any atom is 0.411 e. The van der Waals surface area contributed by atoms with Gasteiger partial charge in [0.15, 0.2) is 0 Å². The molecule has 0 bridgehead atoms. The van der Waals surface area contributed by atoms with Crippen molar-refractivity contribution in [2.24, 2.45) is 0 Å². The highest BCUT2D eigenvalue weighted by Crippen LogP contribution is 2.37. The van der Waals surface area contributed by atoms with Crippen LogP contribution in [0.4, 0.5) is 27.0 Å². The van der Waals surface area contributed by atoms with Crippen LogP contribution in [-0.2, 0) is 4.74 Å². The van der Waals surface area contributed by atoms with Crippen molar-refractivity contribution in [3.05, 3.63) is 53.8 Å². The second kappa shape index (κ2) is 7.71. The van der Waals surface area contributed by atoms with Crippen molar-refractivity contribution in [2.75, 3.05) is 16.8 Å². The topological polar surface area (TPSA) is 80.2 Å². The summed E-state index contributed by atoms with van der Waals surface area (Å²) in [5.41, 5.74) is 5.06. The van der Waals surface area contributed by atoms with E-state index in [0.29, 0.717) is 17.4 Å². The van der Waals surface area contributed by atoms with Crippen LogP contribution in [0, 0.1) is 6.92 Å². The van der Waals surface area contributed by atoms with Gasteiger partial charge in [0.1, 0.15) is 5.51 Å². The summed E-state index contributed by atoms with van der Waals surface area (Å²) in [7, 11) is 0. The number of carbonyl (C=O) groups excluding carboxylic acids is 1. The number of ether oxygens (including phenoxy) is 1. The maximum atomic E-state index is 11.7. The molecule has 3 aromatic rings. The minimum Gasteiger partial charge on any atom is -0.450 e. The van der Waals surface area contributed by atoms with Crippen LogP contribution in [0.1, 0.15) is 12.5 Å². The van der Waals surface area contributed by atoms with E-state index < -0.39 is 6.09 Å². The van der Waals surface area contributed by atoms with E-state index in [1.165, 1.54) is 11.3 Å². The minimum atomic E-state index is -0.485. The maximum absolute atomic E-state index is 11.7. The molecule has 0 aliphatic rings. The van der Waals surface area contributed by atoms with Gasteiger partial charge in [0.25, 0.3) is 0 Å². The van der Waals surface area contributed by atoms with Crippen LogP contribution in [-0.4, -0.2) is 27.9 Å². The number of hydrogen-bond donors (Lipinski definition) is 1. The van der Waals surface area contributed by atoms with Crippen LogP contribution >= 0.6 is 11.3 Å². The van der Waals surface area contributed by atoms with Gasteiger partial charge in [-0.25, -0.2) is 4.79 Å². The number of benzene rings is 1. The number of anilines is 4. The monoisotopic (exact) mass is 355 g/mol. The first-order valence-electron chi connectivity index (χ1n) is 7.69. The summed E-state index contributed by atoms with van der Waals surface area (Å²) in [5, 5.41) is 11.6. The molecule has 1 aromatic carbocycles. The van der Waals surface area contributed by atoms with Crippen LogP contribution in [0.15, 0.2) is 48.2 Å². The molecule has 2 heterocycles. The third kappa shape index (κ3) is 3.92. The summed E-state index contributed by atoms with van der Waals surface area (Å²) < 4.78 is 4.94. The smallest absolute Gasteiger partial charge is 0.411 e. The molecule has 3 rings (SSSR count). The molecule has 0 aliphatic heterocycles. The predicted molar refractivity (Wildman–Crippen MR) is 97.8 cm³/mol. The zero-order valence-corrected chi connectivity index (χ0v) is 14.7. The van der Waals surface area contributed by atoms with Gasteiger partial charge < -0.3 is 4.74 Å². The number of nitrogens with zero attached hydrogens (tertiary/aromatic N) is 4. The van der Waals surface area contributed by atoms with Gasteiger partial charge in [-0.05, 0) is 43.7 Å². The van der Waals surface area contributed by atoms with E-state index in [9.17, 15) is 4.79 Å². The van der Waals surface area contributed by atoms with Gasteiger partial charge in [-0.2, -0.15) is 0 Å². The summed E-state index contributed by atoms with van der Waals surface area (Å²) in [6, 6.07) is 9.44. The van der Waals surface area contributed by atoms with E-state index >= 15 is 0 Å². The van der Waals surface area contributed by atoms with E-state index in [4.69, 9.17) is 4.74 Å². The molecule has 0 spiro atoms. The number of amides is 1. The first kappa shape index (κ1) is 16.8. The first-order chi connectivity index (χ1) is 12.2. The number of pyridine rings is 1. The molecule has 0 unspecified atom stereocenters. The summed E-state index contributed by atoms with van der Waals surface area (Å²) in [6.07, 6.45) is 2.99. The molecule has 2 aromatic heterocycles. The lowest BCUT2D eigenvalue weighted by Gasteiger charge is -2.23. The summed E-state index contributed by atoms with van der Waals surface area (Å²) in [4.78, 5) is 17.8. The quantitative estimate of drug-likeness (QED) is 0.736. The lowest BCUT2D eigenvalue weighted by atomic mass is 10.1. The third-order valence-electron chi connectivity index (χ3n) is 3.42. The normalized spacial score (nSPS) is 10.3. The summed E-state index contributed by atoms with van der Waals surface area (Å²) in [6.45, 7) is 4.07. The fraction of sp³-hybridized carbons (Fsp3) is 0.176. The molecule has 128 valence electrons. The van der Waals surface area contributed by atoms with Crippen molar-refractivity contribution < 1.29 is 9.53 Å². The van der Waals surface area contributed by atoms with Crippen LogP contribution < -0.4 is 10.2 Å². The lowest BCUT2D eigenvalue weighted by molar-refractivity contribution is 0.168. The van der Waals surface area contributed by atoms with E-state index in [2.05, 4.69) is 20.5 Å². The van der Waals surface area contributed by atoms with Gasteiger partial charge in [-0.3, -0.25) is 15.2 Å². The van der Waals surface area contributed by atoms with Crippen molar-refractivity contribution in [3.63, 3.8) is 0 Å². The average Bonchev–Trinajstić information content (AvgIpc) is 3.13. The van der Waals surface area contributed by atoms with Crippen LogP contribution in [0.3, 0.4) is 0 Å². The van der Waals surface area contributed by atoms with Crippen LogP contribution in [0.25, 0.3) is 0 Å². The van der Waals surface area contributed by atoms with Gasteiger partial charge in [0, 0.05) is 11.9 Å². The molecule has 7 nitrogen and oxygen atoms in total. The number of aromatic nitrogens is 3. The Morgan fingerprint density at radius 3 is 2.92 bits per heavy atom. The molecule has 0 atom stereocenters. The summed E-state index contributed by atoms with van der Waals surface area (Å²) in [5.74, 6) is 0. The predicted octanol–water partition coefficient (Wildman–Crippen LogP) is 4.28. The Morgan fingerprint density at radius 2 is 2.24 bits per heavy atom. The molecule has 0 saturated carbocycles. The Morgan fingerprint density at radius 1 is 1.36 bits per heavy atom. The van der Waals surface area contributed by atoms with Crippen molar-refractivity contribution >= 4 is 39.6 Å². The lowest BCUT2D eigenvalue weighted by Crippen LogP contribution is -2.15. The van der Waals surface area contributed by atoms with Crippen molar-refractivity contribution in [2.45, 2.75) is 13.8 Å². The average molecular weight is 355 g/mol. The molecular formula is C17H17N5O2S. The van der Waals surface area contributed by atoms with E-state index in [1.54, 1.807) is 24.8 Å². The van der Waals surface area contributed by atoms with E-state index in [-0.39, 0.29) is 0 Å². The molecule has 0 radical (unpaired) electrons. The Labute approximate surface area is 149 Å². The number of nitrogens with one attached hydrogen (secondary N) is 1. The third-order valence-corrected chi connectivity index (χ3v) is 4.09. The van der Waals surface area contributed by atoms with E-state index in [0.717, 1.165) is 16.9 Å². The molecule has 25 heavy (non-hydrogen) atoms. The highest BCUT2D eigenvalue weighted by Gasteiger charge is 2.18. The van der Waals surface area contributed by atoms with Gasteiger partial charge in [-0.15, -0.1) is 10.2 Å². The second-order valence-electron chi connectivity index (χ2n) is 5.11. The molecular weight excluding hydrogens is 338 g/mol. The van der Waals surface area contributed by atoms with Crippen LogP contribution in [0.5, 0.6) is 0 Å². The SMILES string of the molecule is CCOC(=O)Nc1ccc(C)c(N(c2cccnc2)c2nncs2)c1. The zero-order chi connectivity index (χ0) is 17.6. The van der Waals surface area contributed by atoms with Crippen molar-refractivity contribution in [1.82, 2.24) is 15.2 Å². The molecule has 0 saturated heterocycles. The van der Waals surface area contributed by atoms with Crippen molar-refractivity contribution in [3.8, 4) is 0 Å². The minimum absolute atomic E-state index is 0.317. The first-order valence-corrected chi connectivity index (χ1v) is 8.57. The largest absolute Gasteiger partial charge is 0.450 e. The molecule has 0 aliphatic carbocycles. The van der Waals surface area contributed by atoms with Gasteiger partial charge in [-0.1, -0.05) is 17.4 Å². The fourth-order valence-electron chi connectivity index (χ4n) is 2.32. The van der Waals surface area contributed by atoms with Crippen molar-refractivity contribution in [1.29, 1.82) is 0 Å². The van der Waals surface area contributed by atoms with Crippen LogP contribution in [0.2, 0.25) is 0 Å². The second-order valence-corrected chi connectivity index (χ2v) is 5.93. The Balaban J connectivity index is 2.02. The number of carbonyl (C=O) groups is 1. The van der Waals surface area contributed by atoms with Gasteiger partial charge in [0.2, 0.25) is 5.13 Å². The van der Waals surface area contributed by atoms with Gasteiger partial charge in [0.05, 0.1) is 24.2 Å². The molecule has 8 heteroatoms. The summed E-state index contributed by atoms with van der Waals surface area (Å²) >= 11 is 1.42. The standard InChI is InChI=1S/C17H17N5O2S/c1-3-24-17(23)20-13-7-6-12(2)15(9-13)22(16-21-19-11-25-16)14-5-4-8-18-10-14/h4-11H,3H2,1-2H3,(H,20,23). The molecule has 0 fully saturated rings. The Kier molecular flexibility index (Phi) is 5.20. The Hall–Kier alpha value is -3.00. The number of hydrogen-bond acceptors (Lipinski definition) is 7. The number of rotatable bonds is 5. The fourth-order valence-corrected chi connectivity index (χ4v) is 2.91. The van der Waals surface area contributed by atoms with E-state index in [1.807, 2.05) is 42.2 Å². The highest BCUT2D eigenvalue weighted by molar-refractivity contribution is 7.13. The van der Waals surface area contributed by atoms with Gasteiger partial charge >= 0.3 is 6.09 Å². The zero-order valence-electron chi connectivity index (χ0n) is 13.8. The number of aryl methyl sites for hydroxylation is 1. The highest BCUT2D eigenvalue weighted by atomic mass is 32.1. The Bertz CT molecular complexity index is 840. The molecule has 1 N–H and O–H groups in total. The molecule has 1 amide bonds.